The van der Waals surface area contributed by atoms with Gasteiger partial charge < -0.3 is 15.3 Å². The third-order valence-corrected chi connectivity index (χ3v) is 4.48. The van der Waals surface area contributed by atoms with Crippen LogP contribution in [-0.4, -0.2) is 40.6 Å². The SMILES string of the molecule is CCC(C)(C)N(C)C(=O)NC1CCC(C(=O)O)CC1. The molecule has 0 bridgehead atoms. The molecule has 0 saturated heterocycles. The Morgan fingerprint density at radius 1 is 1.26 bits per heavy atom. The molecule has 0 aliphatic heterocycles. The van der Waals surface area contributed by atoms with Gasteiger partial charge in [0.2, 0.25) is 0 Å². The fourth-order valence-electron chi connectivity index (χ4n) is 2.27. The highest BCUT2D eigenvalue weighted by Crippen LogP contribution is 2.25. The van der Waals surface area contributed by atoms with Gasteiger partial charge in [-0.25, -0.2) is 4.79 Å². The fourth-order valence-corrected chi connectivity index (χ4v) is 2.27. The zero-order valence-electron chi connectivity index (χ0n) is 12.4. The van der Waals surface area contributed by atoms with Crippen molar-refractivity contribution in [3.05, 3.63) is 0 Å². The summed E-state index contributed by atoms with van der Waals surface area (Å²) in [5.74, 6) is -0.952. The molecule has 0 atom stereocenters. The number of aliphatic carboxylic acids is 1. The average molecular weight is 270 g/mol. The van der Waals surface area contributed by atoms with Gasteiger partial charge >= 0.3 is 12.0 Å². The molecule has 19 heavy (non-hydrogen) atoms. The van der Waals surface area contributed by atoms with E-state index in [2.05, 4.69) is 12.2 Å². The molecule has 110 valence electrons. The van der Waals surface area contributed by atoms with Crippen molar-refractivity contribution >= 4 is 12.0 Å². The zero-order valence-corrected chi connectivity index (χ0v) is 12.4. The van der Waals surface area contributed by atoms with E-state index in [0.717, 1.165) is 19.3 Å². The molecule has 0 radical (unpaired) electrons. The van der Waals surface area contributed by atoms with Gasteiger partial charge in [0, 0.05) is 18.6 Å². The predicted molar refractivity (Wildman–Crippen MR) is 74.0 cm³/mol. The van der Waals surface area contributed by atoms with Crippen LogP contribution in [0.25, 0.3) is 0 Å². The van der Waals surface area contributed by atoms with E-state index in [4.69, 9.17) is 5.11 Å². The molecule has 5 nitrogen and oxygen atoms in total. The van der Waals surface area contributed by atoms with E-state index < -0.39 is 5.97 Å². The van der Waals surface area contributed by atoms with Crippen LogP contribution in [0.15, 0.2) is 0 Å². The highest BCUT2D eigenvalue weighted by Gasteiger charge is 2.30. The molecule has 2 N–H and O–H groups in total. The van der Waals surface area contributed by atoms with Gasteiger partial charge in [0.05, 0.1) is 5.92 Å². The lowest BCUT2D eigenvalue weighted by atomic mass is 9.86. The second kappa shape index (κ2) is 6.26. The van der Waals surface area contributed by atoms with Gasteiger partial charge in [0.1, 0.15) is 0 Å². The molecule has 0 unspecified atom stereocenters. The third-order valence-electron chi connectivity index (χ3n) is 4.48. The molecule has 2 amide bonds. The number of hydrogen-bond donors (Lipinski definition) is 2. The molecule has 1 rings (SSSR count). The van der Waals surface area contributed by atoms with Crippen LogP contribution in [0.5, 0.6) is 0 Å². The molecule has 1 saturated carbocycles. The molecular weight excluding hydrogens is 244 g/mol. The summed E-state index contributed by atoms with van der Waals surface area (Å²) in [6.45, 7) is 6.13. The van der Waals surface area contributed by atoms with Gasteiger partial charge in [-0.3, -0.25) is 4.79 Å². The molecule has 0 aromatic heterocycles. The molecule has 1 fully saturated rings. The summed E-state index contributed by atoms with van der Waals surface area (Å²) in [5.41, 5.74) is -0.164. The Labute approximate surface area is 115 Å². The standard InChI is InChI=1S/C14H26N2O3/c1-5-14(2,3)16(4)13(19)15-11-8-6-10(7-9-11)12(17)18/h10-11H,5-9H2,1-4H3,(H,15,19)(H,17,18). The van der Waals surface area contributed by atoms with Gasteiger partial charge in [-0.05, 0) is 46.0 Å². The minimum atomic E-state index is -0.714. The second-order valence-corrected chi connectivity index (χ2v) is 6.06. The number of rotatable bonds is 4. The van der Waals surface area contributed by atoms with Crippen molar-refractivity contribution in [2.24, 2.45) is 5.92 Å². The Balaban J connectivity index is 2.45. The lowest BCUT2D eigenvalue weighted by Gasteiger charge is -2.36. The largest absolute Gasteiger partial charge is 0.481 e. The van der Waals surface area contributed by atoms with Gasteiger partial charge in [-0.2, -0.15) is 0 Å². The maximum Gasteiger partial charge on any atom is 0.317 e. The third kappa shape index (κ3) is 4.11. The Bertz CT molecular complexity index is 334. The lowest BCUT2D eigenvalue weighted by molar-refractivity contribution is -0.142. The van der Waals surface area contributed by atoms with Gasteiger partial charge in [-0.15, -0.1) is 0 Å². The number of carboxylic acids is 1. The number of nitrogens with one attached hydrogen (secondary N) is 1. The summed E-state index contributed by atoms with van der Waals surface area (Å²) in [4.78, 5) is 24.7. The normalized spacial score (nSPS) is 23.8. The van der Waals surface area contributed by atoms with E-state index in [1.807, 2.05) is 20.9 Å². The molecule has 0 aromatic rings. The Kier molecular flexibility index (Phi) is 5.20. The summed E-state index contributed by atoms with van der Waals surface area (Å²) < 4.78 is 0. The van der Waals surface area contributed by atoms with Crippen molar-refractivity contribution in [1.82, 2.24) is 10.2 Å². The lowest BCUT2D eigenvalue weighted by Crippen LogP contribution is -2.52. The van der Waals surface area contributed by atoms with Crippen LogP contribution < -0.4 is 5.32 Å². The van der Waals surface area contributed by atoms with Crippen molar-refractivity contribution in [1.29, 1.82) is 0 Å². The van der Waals surface area contributed by atoms with Crippen molar-refractivity contribution in [2.45, 2.75) is 64.5 Å². The van der Waals surface area contributed by atoms with Crippen molar-refractivity contribution < 1.29 is 14.7 Å². The number of carbonyl (C=O) groups is 2. The van der Waals surface area contributed by atoms with Crippen LogP contribution in [0.2, 0.25) is 0 Å². The molecule has 5 heteroatoms. The maximum absolute atomic E-state index is 12.1. The number of hydrogen-bond acceptors (Lipinski definition) is 2. The van der Waals surface area contributed by atoms with Crippen LogP contribution in [0.1, 0.15) is 52.9 Å². The maximum atomic E-state index is 12.1. The van der Waals surface area contributed by atoms with Gasteiger partial charge in [0.15, 0.2) is 0 Å². The van der Waals surface area contributed by atoms with E-state index in [0.29, 0.717) is 12.8 Å². The smallest absolute Gasteiger partial charge is 0.317 e. The Hall–Kier alpha value is -1.26. The number of nitrogens with zero attached hydrogens (tertiary/aromatic N) is 1. The van der Waals surface area contributed by atoms with Crippen LogP contribution in [0.4, 0.5) is 4.79 Å². The highest BCUT2D eigenvalue weighted by molar-refractivity contribution is 5.75. The highest BCUT2D eigenvalue weighted by atomic mass is 16.4. The van der Waals surface area contributed by atoms with E-state index in [1.54, 1.807) is 4.90 Å². The van der Waals surface area contributed by atoms with Crippen LogP contribution in [0, 0.1) is 5.92 Å². The fraction of sp³-hybridized carbons (Fsp3) is 0.857. The second-order valence-electron chi connectivity index (χ2n) is 6.06. The number of carbonyl (C=O) groups excluding carboxylic acids is 1. The molecule has 0 aromatic carbocycles. The summed E-state index contributed by atoms with van der Waals surface area (Å²) in [6.07, 6.45) is 3.71. The first-order valence-corrected chi connectivity index (χ1v) is 7.05. The quantitative estimate of drug-likeness (QED) is 0.824. The van der Waals surface area contributed by atoms with Crippen LogP contribution in [0.3, 0.4) is 0 Å². The van der Waals surface area contributed by atoms with Gasteiger partial charge in [0.25, 0.3) is 0 Å². The Morgan fingerprint density at radius 3 is 2.21 bits per heavy atom. The summed E-state index contributed by atoms with van der Waals surface area (Å²) >= 11 is 0. The number of amides is 2. The molecular formula is C14H26N2O3. The first kappa shape index (κ1) is 15.8. The summed E-state index contributed by atoms with van der Waals surface area (Å²) in [5, 5.41) is 12.0. The minimum absolute atomic E-state index is 0.0642. The topological polar surface area (TPSA) is 69.6 Å². The monoisotopic (exact) mass is 270 g/mol. The first-order chi connectivity index (χ1) is 8.77. The number of carboxylic acid groups (broad SMARTS) is 1. The first-order valence-electron chi connectivity index (χ1n) is 7.05. The molecule has 1 aliphatic carbocycles. The Morgan fingerprint density at radius 2 is 1.79 bits per heavy atom. The van der Waals surface area contributed by atoms with Crippen molar-refractivity contribution in [2.75, 3.05) is 7.05 Å². The summed E-state index contributed by atoms with van der Waals surface area (Å²) in [6, 6.07) is 0.0452. The van der Waals surface area contributed by atoms with E-state index in [9.17, 15) is 9.59 Å². The van der Waals surface area contributed by atoms with Crippen LogP contribution >= 0.6 is 0 Å². The number of urea groups is 1. The van der Waals surface area contributed by atoms with Crippen molar-refractivity contribution in [3.63, 3.8) is 0 Å². The van der Waals surface area contributed by atoms with Crippen LogP contribution in [-0.2, 0) is 4.79 Å². The van der Waals surface area contributed by atoms with E-state index >= 15 is 0 Å². The van der Waals surface area contributed by atoms with Crippen molar-refractivity contribution in [3.8, 4) is 0 Å². The van der Waals surface area contributed by atoms with Gasteiger partial charge in [-0.1, -0.05) is 6.92 Å². The van der Waals surface area contributed by atoms with E-state index in [-0.39, 0.29) is 23.5 Å². The average Bonchev–Trinajstić information content (AvgIpc) is 2.38. The summed E-state index contributed by atoms with van der Waals surface area (Å²) in [7, 11) is 1.81. The minimum Gasteiger partial charge on any atom is -0.481 e. The molecule has 0 heterocycles. The molecule has 0 spiro atoms. The molecule has 1 aliphatic rings. The predicted octanol–water partition coefficient (Wildman–Crippen LogP) is 2.46. The van der Waals surface area contributed by atoms with E-state index in [1.165, 1.54) is 0 Å². The zero-order chi connectivity index (χ0) is 14.6.